The molecule has 0 spiro atoms. The molecule has 1 rings (SSSR count). The van der Waals surface area contributed by atoms with E-state index in [2.05, 4.69) is 11.7 Å². The summed E-state index contributed by atoms with van der Waals surface area (Å²) in [5, 5.41) is 8.36. The second kappa shape index (κ2) is 5.89. The van der Waals surface area contributed by atoms with Gasteiger partial charge in [-0.1, -0.05) is 39.0 Å². The van der Waals surface area contributed by atoms with E-state index < -0.39 is 6.16 Å². The van der Waals surface area contributed by atoms with Crippen LogP contribution >= 0.6 is 0 Å². The Bertz CT molecular complexity index is 179. The highest BCUT2D eigenvalue weighted by Crippen LogP contribution is 2.38. The highest BCUT2D eigenvalue weighted by molar-refractivity contribution is 5.57. The summed E-state index contributed by atoms with van der Waals surface area (Å²) in [5.74, 6) is 0.521. The lowest BCUT2D eigenvalue weighted by Gasteiger charge is -2.00. The summed E-state index contributed by atoms with van der Waals surface area (Å²) in [6.07, 6.45) is 7.39. The summed E-state index contributed by atoms with van der Waals surface area (Å²) in [6.45, 7) is 2.21. The average Bonchev–Trinajstić information content (AvgIpc) is 2.82. The van der Waals surface area contributed by atoms with Gasteiger partial charge in [0.15, 0.2) is 0 Å². The molecule has 1 aliphatic carbocycles. The number of carbonyl (C=O) groups is 1. The molecule has 3 nitrogen and oxygen atoms in total. The Morgan fingerprint density at radius 2 is 2.07 bits per heavy atom. The normalized spacial score (nSPS) is 24.6. The van der Waals surface area contributed by atoms with Gasteiger partial charge in [0.25, 0.3) is 0 Å². The van der Waals surface area contributed by atoms with Crippen LogP contribution in [0.1, 0.15) is 51.9 Å². The molecular formula is C11H20O3. The minimum absolute atomic E-state index is 0.0127. The van der Waals surface area contributed by atoms with E-state index in [1.165, 1.54) is 32.1 Å². The fourth-order valence-electron chi connectivity index (χ4n) is 1.81. The van der Waals surface area contributed by atoms with Crippen LogP contribution in [0.5, 0.6) is 0 Å². The van der Waals surface area contributed by atoms with Gasteiger partial charge in [-0.25, -0.2) is 4.79 Å². The molecule has 0 aromatic rings. The first-order valence-electron chi connectivity index (χ1n) is 5.63. The Morgan fingerprint density at radius 3 is 2.71 bits per heavy atom. The fraction of sp³-hybridized carbons (Fsp3) is 0.909. The van der Waals surface area contributed by atoms with E-state index in [4.69, 9.17) is 5.11 Å². The molecule has 0 aromatic carbocycles. The Labute approximate surface area is 85.5 Å². The molecule has 2 unspecified atom stereocenters. The van der Waals surface area contributed by atoms with Crippen molar-refractivity contribution < 1.29 is 14.6 Å². The highest BCUT2D eigenvalue weighted by atomic mass is 16.7. The number of rotatable bonds is 7. The van der Waals surface area contributed by atoms with E-state index in [9.17, 15) is 4.79 Å². The molecule has 82 valence electrons. The van der Waals surface area contributed by atoms with Crippen LogP contribution in [0, 0.1) is 5.92 Å². The second-order valence-corrected chi connectivity index (χ2v) is 4.12. The van der Waals surface area contributed by atoms with Gasteiger partial charge in [-0.3, -0.25) is 0 Å². The van der Waals surface area contributed by atoms with Crippen molar-refractivity contribution in [2.75, 3.05) is 0 Å². The maximum atomic E-state index is 10.2. The minimum atomic E-state index is -1.12. The maximum absolute atomic E-state index is 10.2. The van der Waals surface area contributed by atoms with Gasteiger partial charge in [0, 0.05) is 0 Å². The van der Waals surface area contributed by atoms with Crippen molar-refractivity contribution in [3.63, 3.8) is 0 Å². The maximum Gasteiger partial charge on any atom is 0.506 e. The number of hydrogen-bond acceptors (Lipinski definition) is 2. The average molecular weight is 200 g/mol. The molecular weight excluding hydrogens is 180 g/mol. The SMILES string of the molecule is CCCCCCCC1CC1OC(=O)O. The summed E-state index contributed by atoms with van der Waals surface area (Å²) < 4.78 is 4.67. The topological polar surface area (TPSA) is 46.5 Å². The lowest BCUT2D eigenvalue weighted by Crippen LogP contribution is -2.03. The molecule has 3 heteroatoms. The standard InChI is InChI=1S/C11H20O3/c1-2-3-4-5-6-7-9-8-10(9)14-11(12)13/h9-10H,2-8H2,1H3,(H,12,13). The third-order valence-corrected chi connectivity index (χ3v) is 2.79. The van der Waals surface area contributed by atoms with E-state index in [-0.39, 0.29) is 6.10 Å². The predicted molar refractivity (Wildman–Crippen MR) is 54.4 cm³/mol. The van der Waals surface area contributed by atoms with Crippen molar-refractivity contribution in [1.29, 1.82) is 0 Å². The van der Waals surface area contributed by atoms with Crippen LogP contribution < -0.4 is 0 Å². The van der Waals surface area contributed by atoms with Crippen molar-refractivity contribution in [2.45, 2.75) is 58.0 Å². The largest absolute Gasteiger partial charge is 0.506 e. The molecule has 0 saturated heterocycles. The molecule has 1 aliphatic rings. The number of carboxylic acid groups (broad SMARTS) is 1. The van der Waals surface area contributed by atoms with E-state index >= 15 is 0 Å². The molecule has 0 heterocycles. The molecule has 0 bridgehead atoms. The van der Waals surface area contributed by atoms with E-state index in [0.29, 0.717) is 5.92 Å². The molecule has 14 heavy (non-hydrogen) atoms. The Balaban J connectivity index is 1.88. The number of hydrogen-bond donors (Lipinski definition) is 1. The van der Waals surface area contributed by atoms with E-state index in [0.717, 1.165) is 12.8 Å². The Hall–Kier alpha value is -0.730. The zero-order valence-corrected chi connectivity index (χ0v) is 8.87. The summed E-state index contributed by atoms with van der Waals surface area (Å²) in [7, 11) is 0. The molecule has 0 aromatic heterocycles. The van der Waals surface area contributed by atoms with E-state index in [1.807, 2.05) is 0 Å². The quantitative estimate of drug-likeness (QED) is 0.506. The number of unbranched alkanes of at least 4 members (excludes halogenated alkanes) is 4. The van der Waals surface area contributed by atoms with Gasteiger partial charge in [0.2, 0.25) is 0 Å². The Morgan fingerprint density at radius 1 is 1.36 bits per heavy atom. The zero-order chi connectivity index (χ0) is 10.4. The zero-order valence-electron chi connectivity index (χ0n) is 8.87. The first-order valence-corrected chi connectivity index (χ1v) is 5.63. The fourth-order valence-corrected chi connectivity index (χ4v) is 1.81. The van der Waals surface area contributed by atoms with Crippen molar-refractivity contribution in [3.8, 4) is 0 Å². The van der Waals surface area contributed by atoms with Crippen LogP contribution in [-0.4, -0.2) is 17.4 Å². The predicted octanol–water partition coefficient (Wildman–Crippen LogP) is 3.43. The molecule has 0 amide bonds. The second-order valence-electron chi connectivity index (χ2n) is 4.12. The van der Waals surface area contributed by atoms with E-state index in [1.54, 1.807) is 0 Å². The smallest absolute Gasteiger partial charge is 0.450 e. The molecule has 1 saturated carbocycles. The van der Waals surface area contributed by atoms with Gasteiger partial charge in [-0.2, -0.15) is 0 Å². The van der Waals surface area contributed by atoms with Crippen LogP contribution in [0.15, 0.2) is 0 Å². The van der Waals surface area contributed by atoms with Crippen molar-refractivity contribution in [1.82, 2.24) is 0 Å². The van der Waals surface area contributed by atoms with Gasteiger partial charge >= 0.3 is 6.16 Å². The van der Waals surface area contributed by atoms with Gasteiger partial charge < -0.3 is 9.84 Å². The molecule has 0 radical (unpaired) electrons. The first kappa shape index (κ1) is 11.3. The number of ether oxygens (including phenoxy) is 1. The molecule has 1 fully saturated rings. The lowest BCUT2D eigenvalue weighted by molar-refractivity contribution is 0.0799. The highest BCUT2D eigenvalue weighted by Gasteiger charge is 2.39. The monoisotopic (exact) mass is 200 g/mol. The van der Waals surface area contributed by atoms with Crippen LogP contribution in [-0.2, 0) is 4.74 Å². The lowest BCUT2D eigenvalue weighted by atomic mass is 10.1. The van der Waals surface area contributed by atoms with Crippen LogP contribution in [0.3, 0.4) is 0 Å². The Kier molecular flexibility index (Phi) is 4.77. The summed E-state index contributed by atoms with van der Waals surface area (Å²) in [5.41, 5.74) is 0. The third kappa shape index (κ3) is 4.49. The third-order valence-electron chi connectivity index (χ3n) is 2.79. The van der Waals surface area contributed by atoms with Crippen molar-refractivity contribution in [3.05, 3.63) is 0 Å². The van der Waals surface area contributed by atoms with Gasteiger partial charge in [0.05, 0.1) is 0 Å². The van der Waals surface area contributed by atoms with Crippen molar-refractivity contribution in [2.24, 2.45) is 5.92 Å². The van der Waals surface area contributed by atoms with Crippen LogP contribution in [0.4, 0.5) is 4.79 Å². The summed E-state index contributed by atoms with van der Waals surface area (Å²) >= 11 is 0. The van der Waals surface area contributed by atoms with Crippen molar-refractivity contribution >= 4 is 6.16 Å². The van der Waals surface area contributed by atoms with Gasteiger partial charge in [-0.05, 0) is 18.8 Å². The van der Waals surface area contributed by atoms with Gasteiger partial charge in [0.1, 0.15) is 6.10 Å². The van der Waals surface area contributed by atoms with Gasteiger partial charge in [-0.15, -0.1) is 0 Å². The first-order chi connectivity index (χ1) is 6.74. The summed E-state index contributed by atoms with van der Waals surface area (Å²) in [4.78, 5) is 10.2. The van der Waals surface area contributed by atoms with Crippen LogP contribution in [0.25, 0.3) is 0 Å². The molecule has 2 atom stereocenters. The molecule has 0 aliphatic heterocycles. The summed E-state index contributed by atoms with van der Waals surface area (Å²) in [6, 6.07) is 0. The van der Waals surface area contributed by atoms with Crippen LogP contribution in [0.2, 0.25) is 0 Å². The molecule has 1 N–H and O–H groups in total. The minimum Gasteiger partial charge on any atom is -0.450 e.